The van der Waals surface area contributed by atoms with Gasteiger partial charge in [0.05, 0.1) is 12.2 Å². The summed E-state index contributed by atoms with van der Waals surface area (Å²) in [6, 6.07) is 12.2. The fourth-order valence-corrected chi connectivity index (χ4v) is 5.17. The van der Waals surface area contributed by atoms with E-state index in [2.05, 4.69) is 20.6 Å². The van der Waals surface area contributed by atoms with Crippen molar-refractivity contribution in [2.45, 2.75) is 24.7 Å². The number of hydrogen-bond acceptors (Lipinski definition) is 6. The third-order valence-corrected chi connectivity index (χ3v) is 6.79. The van der Waals surface area contributed by atoms with E-state index in [1.807, 2.05) is 23.1 Å². The number of carbonyl (C=O) groups is 2. The van der Waals surface area contributed by atoms with Crippen LogP contribution in [0.25, 0.3) is 0 Å². The summed E-state index contributed by atoms with van der Waals surface area (Å²) in [6.07, 6.45) is 5.22. The Morgan fingerprint density at radius 3 is 2.76 bits per heavy atom. The summed E-state index contributed by atoms with van der Waals surface area (Å²) in [5.74, 6) is -0.548. The fraction of sp³-hybridized carbons (Fsp3) is 0.333. The second kappa shape index (κ2) is 10.2. The highest BCUT2D eigenvalue weighted by atomic mass is 32.1. The predicted octanol–water partition coefficient (Wildman–Crippen LogP) is 2.99. The van der Waals surface area contributed by atoms with E-state index in [0.29, 0.717) is 35.8 Å². The van der Waals surface area contributed by atoms with Crippen LogP contribution in [0.1, 0.15) is 29.0 Å². The van der Waals surface area contributed by atoms with Crippen molar-refractivity contribution < 1.29 is 14.0 Å². The van der Waals surface area contributed by atoms with E-state index < -0.39 is 5.41 Å². The second-order valence-corrected chi connectivity index (χ2v) is 9.25. The predicted molar refractivity (Wildman–Crippen MR) is 126 cm³/mol. The van der Waals surface area contributed by atoms with E-state index in [1.165, 1.54) is 17.4 Å². The molecule has 1 aliphatic heterocycles. The van der Waals surface area contributed by atoms with Crippen LogP contribution in [0.4, 0.5) is 9.52 Å². The first-order valence-corrected chi connectivity index (χ1v) is 11.7. The minimum absolute atomic E-state index is 0.0935. The molecule has 2 amide bonds. The van der Waals surface area contributed by atoms with E-state index >= 15 is 0 Å². The highest BCUT2D eigenvalue weighted by Crippen LogP contribution is 2.33. The van der Waals surface area contributed by atoms with Crippen LogP contribution in [-0.2, 0) is 21.4 Å². The molecule has 9 heteroatoms. The molecule has 1 aliphatic rings. The summed E-state index contributed by atoms with van der Waals surface area (Å²) >= 11 is 1.33. The van der Waals surface area contributed by atoms with Crippen molar-refractivity contribution in [3.63, 3.8) is 0 Å². The van der Waals surface area contributed by atoms with Gasteiger partial charge in [-0.15, -0.1) is 11.3 Å². The number of amides is 2. The maximum absolute atomic E-state index is 13.9. The minimum Gasteiger partial charge on any atom is -0.358 e. The molecule has 1 aromatic carbocycles. The number of nitrogens with one attached hydrogen (secondary N) is 2. The summed E-state index contributed by atoms with van der Waals surface area (Å²) in [4.78, 5) is 37.2. The average Bonchev–Trinajstić information content (AvgIpc) is 3.27. The van der Waals surface area contributed by atoms with Crippen LogP contribution in [0.5, 0.6) is 0 Å². The summed E-state index contributed by atoms with van der Waals surface area (Å²) in [6.45, 7) is 1.27. The van der Waals surface area contributed by atoms with Gasteiger partial charge >= 0.3 is 0 Å². The number of halogens is 1. The zero-order valence-corrected chi connectivity index (χ0v) is 19.2. The van der Waals surface area contributed by atoms with Gasteiger partial charge in [0.25, 0.3) is 0 Å². The van der Waals surface area contributed by atoms with Gasteiger partial charge in [-0.2, -0.15) is 0 Å². The lowest BCUT2D eigenvalue weighted by Crippen LogP contribution is -2.55. The van der Waals surface area contributed by atoms with Crippen LogP contribution in [0.3, 0.4) is 0 Å². The molecule has 0 saturated carbocycles. The normalized spacial score (nSPS) is 18.6. The summed E-state index contributed by atoms with van der Waals surface area (Å²) < 4.78 is 13.9. The van der Waals surface area contributed by atoms with Gasteiger partial charge < -0.3 is 10.6 Å². The first-order chi connectivity index (χ1) is 16.0. The Balaban J connectivity index is 1.40. The zero-order valence-electron chi connectivity index (χ0n) is 18.4. The lowest BCUT2D eigenvalue weighted by Gasteiger charge is -2.40. The molecule has 4 rings (SSSR count). The van der Waals surface area contributed by atoms with E-state index in [0.717, 1.165) is 17.8 Å². The summed E-state index contributed by atoms with van der Waals surface area (Å²) in [5, 5.41) is 6.09. The molecule has 1 unspecified atom stereocenters. The highest BCUT2D eigenvalue weighted by Gasteiger charge is 2.44. The topological polar surface area (TPSA) is 87.2 Å². The molecule has 33 heavy (non-hydrogen) atoms. The molecule has 172 valence electrons. The van der Waals surface area contributed by atoms with E-state index in [-0.39, 0.29) is 24.2 Å². The molecule has 1 atom stereocenters. The Bertz CT molecular complexity index is 1120. The van der Waals surface area contributed by atoms with Crippen LogP contribution in [0.2, 0.25) is 0 Å². The third kappa shape index (κ3) is 5.26. The smallest absolute Gasteiger partial charge is 0.240 e. The van der Waals surface area contributed by atoms with Gasteiger partial charge in [0, 0.05) is 37.3 Å². The Kier molecular flexibility index (Phi) is 7.10. The van der Waals surface area contributed by atoms with Gasteiger partial charge in [0.2, 0.25) is 11.8 Å². The monoisotopic (exact) mass is 467 g/mol. The molecule has 7 nitrogen and oxygen atoms in total. The molecule has 2 aromatic heterocycles. The lowest BCUT2D eigenvalue weighted by molar-refractivity contribution is -0.130. The molecule has 0 aliphatic carbocycles. The maximum atomic E-state index is 13.9. The van der Waals surface area contributed by atoms with Crippen LogP contribution >= 0.6 is 11.3 Å². The SMILES string of the molecule is CNC(=O)C1(c2ccccn2)CCCN(CC(=O)Nc2ncc(Cc3ccccc3F)s2)C1. The number of pyridine rings is 1. The van der Waals surface area contributed by atoms with Crippen molar-refractivity contribution >= 4 is 28.3 Å². The van der Waals surface area contributed by atoms with Crippen LogP contribution < -0.4 is 10.6 Å². The number of hydrogen-bond donors (Lipinski definition) is 2. The first kappa shape index (κ1) is 23.0. The molecule has 0 spiro atoms. The molecule has 0 radical (unpaired) electrons. The second-order valence-electron chi connectivity index (χ2n) is 8.14. The van der Waals surface area contributed by atoms with Crippen LogP contribution in [-0.4, -0.2) is 53.4 Å². The maximum Gasteiger partial charge on any atom is 0.240 e. The fourth-order valence-electron chi connectivity index (χ4n) is 4.31. The van der Waals surface area contributed by atoms with Crippen molar-refractivity contribution in [1.29, 1.82) is 0 Å². The van der Waals surface area contributed by atoms with E-state index in [9.17, 15) is 14.0 Å². The number of aromatic nitrogens is 2. The number of anilines is 1. The Hall–Kier alpha value is -3.17. The Morgan fingerprint density at radius 1 is 1.18 bits per heavy atom. The van der Waals surface area contributed by atoms with Gasteiger partial charge in [-0.1, -0.05) is 24.3 Å². The van der Waals surface area contributed by atoms with Gasteiger partial charge in [-0.3, -0.25) is 19.5 Å². The number of piperidine rings is 1. The first-order valence-electron chi connectivity index (χ1n) is 10.8. The van der Waals surface area contributed by atoms with Crippen molar-refractivity contribution in [2.24, 2.45) is 0 Å². The standard InChI is InChI=1S/C24H26FN5O2S/c1-26-22(32)24(20-9-4-5-11-27-20)10-6-12-30(16-24)15-21(31)29-23-28-14-18(33-23)13-17-7-2-3-8-19(17)25/h2-5,7-9,11,14H,6,10,12-13,15-16H2,1H3,(H,26,32)(H,28,29,31). The van der Waals surface area contributed by atoms with Gasteiger partial charge in [0.15, 0.2) is 5.13 Å². The summed E-state index contributed by atoms with van der Waals surface area (Å²) in [5.41, 5.74) is 0.516. The van der Waals surface area contributed by atoms with Crippen molar-refractivity contribution in [3.8, 4) is 0 Å². The third-order valence-electron chi connectivity index (χ3n) is 5.88. The number of thiazole rings is 1. The Morgan fingerprint density at radius 2 is 2.00 bits per heavy atom. The average molecular weight is 468 g/mol. The van der Waals surface area contributed by atoms with Gasteiger partial charge in [-0.05, 0) is 43.1 Å². The van der Waals surface area contributed by atoms with Gasteiger partial charge in [0.1, 0.15) is 11.2 Å². The molecule has 1 saturated heterocycles. The molecular weight excluding hydrogens is 441 g/mol. The van der Waals surface area contributed by atoms with Crippen molar-refractivity contribution in [2.75, 3.05) is 32.0 Å². The number of likely N-dealkylation sites (tertiary alicyclic amines) is 1. The molecule has 3 aromatic rings. The Labute approximate surface area is 196 Å². The zero-order chi connectivity index (χ0) is 23.3. The van der Waals surface area contributed by atoms with E-state index in [1.54, 1.807) is 37.6 Å². The molecular formula is C24H26FN5O2S. The molecule has 3 heterocycles. The largest absolute Gasteiger partial charge is 0.358 e. The molecule has 1 fully saturated rings. The minimum atomic E-state index is -0.789. The molecule has 0 bridgehead atoms. The van der Waals surface area contributed by atoms with Crippen molar-refractivity contribution in [3.05, 3.63) is 76.8 Å². The number of benzene rings is 1. The number of likely N-dealkylation sites (N-methyl/N-ethyl adjacent to an activating group) is 1. The number of rotatable bonds is 7. The van der Waals surface area contributed by atoms with Gasteiger partial charge in [-0.25, -0.2) is 9.37 Å². The highest BCUT2D eigenvalue weighted by molar-refractivity contribution is 7.15. The van der Waals surface area contributed by atoms with Crippen molar-refractivity contribution in [1.82, 2.24) is 20.2 Å². The van der Waals surface area contributed by atoms with Crippen LogP contribution in [0, 0.1) is 5.82 Å². The van der Waals surface area contributed by atoms with E-state index in [4.69, 9.17) is 0 Å². The quantitative estimate of drug-likeness (QED) is 0.558. The number of nitrogens with zero attached hydrogens (tertiary/aromatic N) is 3. The molecule has 2 N–H and O–H groups in total. The lowest BCUT2D eigenvalue weighted by atomic mass is 9.75. The van der Waals surface area contributed by atoms with Crippen LogP contribution in [0.15, 0.2) is 54.9 Å². The summed E-state index contributed by atoms with van der Waals surface area (Å²) in [7, 11) is 1.63. The number of carbonyl (C=O) groups excluding carboxylic acids is 2.